The van der Waals surface area contributed by atoms with Gasteiger partial charge >= 0.3 is 200 Å². The molecule has 6 aromatic rings. The van der Waals surface area contributed by atoms with E-state index in [1.54, 1.807) is 12.3 Å². The van der Waals surface area contributed by atoms with E-state index >= 15 is 4.39 Å². The Balaban J connectivity index is 1.67. The predicted octanol–water partition coefficient (Wildman–Crippen LogP) is 8.03. The number of hydrogen-bond donors (Lipinski definition) is 0. The first-order chi connectivity index (χ1) is 17.6. The topological polar surface area (TPSA) is 17.0 Å². The standard InChI is InChI=1S/C32H28F2GeNO/c1-19-10-13-23-24-14-15-25(33)30(22-12-11-20-8-6-7-9-21(20)16-22)32(24)37-31(23)29(19)28-17-27(35(2,3)4)26(34)18-36(28)5/h6-18H,1-5H3/q+1. The summed E-state index contributed by atoms with van der Waals surface area (Å²) in [7, 11) is 1.86. The van der Waals surface area contributed by atoms with Crippen LogP contribution in [-0.4, -0.2) is 13.3 Å². The number of aryl methyl sites for hydroxylation is 2. The summed E-state index contributed by atoms with van der Waals surface area (Å²) < 4.78 is 39.6. The molecule has 5 heteroatoms. The van der Waals surface area contributed by atoms with Gasteiger partial charge in [0.05, 0.1) is 0 Å². The van der Waals surface area contributed by atoms with Gasteiger partial charge < -0.3 is 0 Å². The second-order valence-corrected chi connectivity index (χ2v) is 21.4. The quantitative estimate of drug-likeness (QED) is 0.160. The van der Waals surface area contributed by atoms with E-state index < -0.39 is 13.3 Å². The number of pyridine rings is 1. The minimum absolute atomic E-state index is 0.158. The van der Waals surface area contributed by atoms with E-state index in [-0.39, 0.29) is 11.6 Å². The average molecular weight is 553 g/mol. The van der Waals surface area contributed by atoms with Gasteiger partial charge in [-0.15, -0.1) is 0 Å². The van der Waals surface area contributed by atoms with E-state index in [4.69, 9.17) is 4.42 Å². The molecule has 2 heterocycles. The fourth-order valence-corrected chi connectivity index (χ4v) is 8.18. The Morgan fingerprint density at radius 2 is 1.41 bits per heavy atom. The minimum atomic E-state index is -2.48. The second-order valence-electron chi connectivity index (χ2n) is 10.9. The summed E-state index contributed by atoms with van der Waals surface area (Å²) >= 11 is -2.48. The zero-order chi connectivity index (χ0) is 26.1. The molecule has 2 aromatic heterocycles. The van der Waals surface area contributed by atoms with Crippen molar-refractivity contribution >= 4 is 50.4 Å². The fraction of sp³-hybridized carbons (Fsp3) is 0.156. The molecule has 0 aliphatic heterocycles. The molecular weight excluding hydrogens is 525 g/mol. The Morgan fingerprint density at radius 1 is 0.730 bits per heavy atom. The first-order valence-electron chi connectivity index (χ1n) is 12.5. The molecule has 0 spiro atoms. The van der Waals surface area contributed by atoms with Crippen molar-refractivity contribution in [1.29, 1.82) is 0 Å². The van der Waals surface area contributed by atoms with E-state index in [1.807, 2.05) is 73.1 Å². The molecule has 0 unspecified atom stereocenters. The summed E-state index contributed by atoms with van der Waals surface area (Å²) in [5, 5.41) is 3.92. The van der Waals surface area contributed by atoms with E-state index in [2.05, 4.69) is 23.3 Å². The predicted molar refractivity (Wildman–Crippen MR) is 151 cm³/mol. The molecule has 37 heavy (non-hydrogen) atoms. The van der Waals surface area contributed by atoms with Crippen molar-refractivity contribution in [3.63, 3.8) is 0 Å². The number of halogens is 2. The molecule has 0 atom stereocenters. The molecule has 2 nitrogen and oxygen atoms in total. The number of benzene rings is 4. The summed E-state index contributed by atoms with van der Waals surface area (Å²) in [6, 6.07) is 23.4. The molecule has 4 aromatic carbocycles. The third kappa shape index (κ3) is 3.86. The summed E-state index contributed by atoms with van der Waals surface area (Å²) in [6.45, 7) is 2.04. The molecule has 0 fully saturated rings. The van der Waals surface area contributed by atoms with Gasteiger partial charge in [-0.2, -0.15) is 0 Å². The van der Waals surface area contributed by atoms with Crippen LogP contribution in [0.25, 0.3) is 55.1 Å². The molecule has 0 aliphatic carbocycles. The molecule has 0 saturated carbocycles. The third-order valence-electron chi connectivity index (χ3n) is 7.29. The van der Waals surface area contributed by atoms with E-state index in [1.165, 1.54) is 6.07 Å². The number of aromatic nitrogens is 1. The molecule has 0 N–H and O–H groups in total. The Bertz CT molecular complexity index is 1860. The number of nitrogens with zero attached hydrogens (tertiary/aromatic N) is 1. The third-order valence-corrected chi connectivity index (χ3v) is 11.5. The van der Waals surface area contributed by atoms with E-state index in [0.717, 1.165) is 48.3 Å². The molecule has 6 rings (SSSR count). The SMILES string of the molecule is Cc1ccc2c(oc3c(-c4ccc5ccccc5c4)c(F)ccc32)c1-c1c[c]([Ge]([CH3])([CH3])[CH3])c(F)c[n+]1C. The van der Waals surface area contributed by atoms with Crippen molar-refractivity contribution in [2.75, 3.05) is 0 Å². The van der Waals surface area contributed by atoms with Crippen LogP contribution in [0.15, 0.2) is 83.4 Å². The first kappa shape index (κ1) is 23.9. The molecular formula is C32H28F2GeNO+. The Labute approximate surface area is 217 Å². The zero-order valence-corrected chi connectivity index (χ0v) is 23.7. The number of furan rings is 1. The van der Waals surface area contributed by atoms with Crippen molar-refractivity contribution in [3.05, 3.63) is 96.2 Å². The maximum atomic E-state index is 15.4. The van der Waals surface area contributed by atoms with Gasteiger partial charge in [0.1, 0.15) is 0 Å². The van der Waals surface area contributed by atoms with Crippen LogP contribution in [-0.2, 0) is 7.05 Å². The monoisotopic (exact) mass is 554 g/mol. The number of rotatable bonds is 3. The van der Waals surface area contributed by atoms with Crippen molar-refractivity contribution in [1.82, 2.24) is 0 Å². The van der Waals surface area contributed by atoms with Crippen LogP contribution in [0.4, 0.5) is 8.78 Å². The molecule has 0 amide bonds. The van der Waals surface area contributed by atoms with Crippen LogP contribution in [0, 0.1) is 18.6 Å². The average Bonchev–Trinajstić information content (AvgIpc) is 3.22. The fourth-order valence-electron chi connectivity index (χ4n) is 5.35. The van der Waals surface area contributed by atoms with Gasteiger partial charge in [0.15, 0.2) is 0 Å². The second kappa shape index (κ2) is 8.52. The van der Waals surface area contributed by atoms with Crippen LogP contribution in [0.2, 0.25) is 17.3 Å². The molecule has 0 aliphatic rings. The van der Waals surface area contributed by atoms with Gasteiger partial charge in [-0.3, -0.25) is 0 Å². The van der Waals surface area contributed by atoms with Gasteiger partial charge in [0.2, 0.25) is 0 Å². The summed E-state index contributed by atoms with van der Waals surface area (Å²) in [6.07, 6.45) is 1.57. The summed E-state index contributed by atoms with van der Waals surface area (Å²) in [5.74, 6) is 6.09. The van der Waals surface area contributed by atoms with Crippen molar-refractivity contribution in [2.45, 2.75) is 24.2 Å². The molecule has 0 radical (unpaired) electrons. The van der Waals surface area contributed by atoms with Gasteiger partial charge in [0, 0.05) is 0 Å². The summed E-state index contributed by atoms with van der Waals surface area (Å²) in [4.78, 5) is 0. The van der Waals surface area contributed by atoms with Gasteiger partial charge in [-0.05, 0) is 0 Å². The van der Waals surface area contributed by atoms with Crippen molar-refractivity contribution in [2.24, 2.45) is 7.05 Å². The van der Waals surface area contributed by atoms with Crippen LogP contribution in [0.3, 0.4) is 0 Å². The van der Waals surface area contributed by atoms with E-state index in [0.29, 0.717) is 16.7 Å². The van der Waals surface area contributed by atoms with Crippen LogP contribution >= 0.6 is 0 Å². The van der Waals surface area contributed by atoms with Crippen LogP contribution < -0.4 is 8.96 Å². The maximum absolute atomic E-state index is 15.4. The summed E-state index contributed by atoms with van der Waals surface area (Å²) in [5.41, 5.74) is 5.27. The molecule has 0 bridgehead atoms. The van der Waals surface area contributed by atoms with Crippen molar-refractivity contribution in [3.8, 4) is 22.4 Å². The van der Waals surface area contributed by atoms with Gasteiger partial charge in [0.25, 0.3) is 0 Å². The molecule has 0 saturated heterocycles. The van der Waals surface area contributed by atoms with Crippen LogP contribution in [0.1, 0.15) is 5.56 Å². The Hall–Kier alpha value is -3.51. The van der Waals surface area contributed by atoms with Crippen molar-refractivity contribution < 1.29 is 17.8 Å². The van der Waals surface area contributed by atoms with Gasteiger partial charge in [-0.1, -0.05) is 18.2 Å². The normalized spacial score (nSPS) is 12.2. The van der Waals surface area contributed by atoms with E-state index in [9.17, 15) is 4.39 Å². The molecule has 184 valence electrons. The number of fused-ring (bicyclic) bond motifs is 4. The first-order valence-corrected chi connectivity index (χ1v) is 19.8. The van der Waals surface area contributed by atoms with Gasteiger partial charge in [-0.25, -0.2) is 0 Å². The number of hydrogen-bond acceptors (Lipinski definition) is 1. The Morgan fingerprint density at radius 3 is 2.14 bits per heavy atom. The Kier molecular flexibility index (Phi) is 5.50. The van der Waals surface area contributed by atoms with Crippen LogP contribution in [0.5, 0.6) is 0 Å². The zero-order valence-electron chi connectivity index (χ0n) is 21.6.